The number of piperidine rings is 1. The molecule has 1 saturated heterocycles. The first kappa shape index (κ1) is 18.2. The fourth-order valence-corrected chi connectivity index (χ4v) is 3.25. The molecule has 0 radical (unpaired) electrons. The zero-order valence-electron chi connectivity index (χ0n) is 14.1. The number of oxazole rings is 1. The second-order valence-electron chi connectivity index (χ2n) is 6.13. The van der Waals surface area contributed by atoms with E-state index in [9.17, 15) is 4.79 Å². The van der Waals surface area contributed by atoms with Crippen LogP contribution in [0.3, 0.4) is 0 Å². The third-order valence-corrected chi connectivity index (χ3v) is 4.66. The topological polar surface area (TPSA) is 85.0 Å². The fourth-order valence-electron chi connectivity index (χ4n) is 3.25. The Morgan fingerprint density at radius 1 is 1.23 bits per heavy atom. The van der Waals surface area contributed by atoms with Gasteiger partial charge in [-0.3, -0.25) is 9.48 Å². The summed E-state index contributed by atoms with van der Waals surface area (Å²) in [6, 6.07) is 9.39. The summed E-state index contributed by atoms with van der Waals surface area (Å²) in [6.45, 7) is 1.58. The van der Waals surface area contributed by atoms with Crippen molar-refractivity contribution in [1.82, 2.24) is 20.1 Å². The molecule has 1 aliphatic heterocycles. The monoisotopic (exact) mass is 373 g/mol. The standard InChI is InChI=1S/C18H19N5O2.ClH/c24-17(18(6-9-19-10-7-18)23-11-1-8-21-23)22-15-4-2-14(3-5-15)16-12-20-13-25-16;/h1-5,8,11-13,19H,6-7,9-10H2,(H,22,24);1H. The number of anilines is 1. The molecule has 0 bridgehead atoms. The average molecular weight is 374 g/mol. The molecular formula is C18H20ClN5O2. The first-order chi connectivity index (χ1) is 12.3. The van der Waals surface area contributed by atoms with Gasteiger partial charge in [-0.15, -0.1) is 12.4 Å². The van der Waals surface area contributed by atoms with Crippen LogP contribution in [0.4, 0.5) is 5.69 Å². The molecule has 2 aromatic heterocycles. The van der Waals surface area contributed by atoms with Crippen molar-refractivity contribution in [3.63, 3.8) is 0 Å². The molecule has 0 saturated carbocycles. The smallest absolute Gasteiger partial charge is 0.252 e. The number of rotatable bonds is 4. The quantitative estimate of drug-likeness (QED) is 0.734. The molecular weight excluding hydrogens is 354 g/mol. The van der Waals surface area contributed by atoms with Crippen LogP contribution in [0.2, 0.25) is 0 Å². The van der Waals surface area contributed by atoms with Crippen LogP contribution in [0.15, 0.2) is 59.7 Å². The van der Waals surface area contributed by atoms with E-state index >= 15 is 0 Å². The Hall–Kier alpha value is -2.64. The maximum Gasteiger partial charge on any atom is 0.252 e. The molecule has 0 spiro atoms. The third-order valence-electron chi connectivity index (χ3n) is 4.66. The SMILES string of the molecule is Cl.O=C(Nc1ccc(-c2cnco2)cc1)C1(n2cccn2)CCNCC1. The van der Waals surface area contributed by atoms with Crippen molar-refractivity contribution in [3.05, 3.63) is 55.3 Å². The minimum atomic E-state index is -0.654. The Morgan fingerprint density at radius 2 is 2.00 bits per heavy atom. The van der Waals surface area contributed by atoms with E-state index in [4.69, 9.17) is 4.42 Å². The van der Waals surface area contributed by atoms with Crippen molar-refractivity contribution in [1.29, 1.82) is 0 Å². The molecule has 2 N–H and O–H groups in total. The second kappa shape index (κ2) is 7.72. The highest BCUT2D eigenvalue weighted by Gasteiger charge is 2.42. The molecule has 7 nitrogen and oxygen atoms in total. The van der Waals surface area contributed by atoms with Crippen molar-refractivity contribution in [2.24, 2.45) is 0 Å². The maximum absolute atomic E-state index is 13.1. The zero-order valence-corrected chi connectivity index (χ0v) is 14.9. The second-order valence-corrected chi connectivity index (χ2v) is 6.13. The number of benzene rings is 1. The highest BCUT2D eigenvalue weighted by Crippen LogP contribution is 2.29. The molecule has 3 aromatic rings. The summed E-state index contributed by atoms with van der Waals surface area (Å²) < 4.78 is 7.07. The summed E-state index contributed by atoms with van der Waals surface area (Å²) in [6.07, 6.45) is 8.04. The Balaban J connectivity index is 0.00000196. The molecule has 8 heteroatoms. The predicted octanol–water partition coefficient (Wildman–Crippen LogP) is 2.68. The summed E-state index contributed by atoms with van der Waals surface area (Å²) in [5.74, 6) is 0.661. The van der Waals surface area contributed by atoms with Crippen molar-refractivity contribution in [2.45, 2.75) is 18.4 Å². The largest absolute Gasteiger partial charge is 0.444 e. The minimum Gasteiger partial charge on any atom is -0.444 e. The molecule has 1 fully saturated rings. The predicted molar refractivity (Wildman–Crippen MR) is 100 cm³/mol. The van der Waals surface area contributed by atoms with Gasteiger partial charge in [-0.1, -0.05) is 0 Å². The Bertz CT molecular complexity index is 825. The number of carbonyl (C=O) groups is 1. The van der Waals surface area contributed by atoms with Crippen LogP contribution in [0.1, 0.15) is 12.8 Å². The molecule has 3 heterocycles. The maximum atomic E-state index is 13.1. The van der Waals surface area contributed by atoms with Gasteiger partial charge in [0.2, 0.25) is 0 Å². The number of nitrogens with one attached hydrogen (secondary N) is 2. The molecule has 0 aliphatic carbocycles. The Morgan fingerprint density at radius 3 is 2.62 bits per heavy atom. The van der Waals surface area contributed by atoms with Crippen LogP contribution in [-0.4, -0.2) is 33.8 Å². The lowest BCUT2D eigenvalue weighted by atomic mass is 9.87. The normalized spacial score (nSPS) is 15.8. The molecule has 1 amide bonds. The van der Waals surface area contributed by atoms with Gasteiger partial charge in [0, 0.05) is 23.6 Å². The van der Waals surface area contributed by atoms with E-state index in [-0.39, 0.29) is 18.3 Å². The van der Waals surface area contributed by atoms with E-state index in [1.807, 2.05) is 36.5 Å². The van der Waals surface area contributed by atoms with Gasteiger partial charge in [-0.25, -0.2) is 4.98 Å². The molecule has 26 heavy (non-hydrogen) atoms. The fraction of sp³-hybridized carbons (Fsp3) is 0.278. The number of hydrogen-bond acceptors (Lipinski definition) is 5. The van der Waals surface area contributed by atoms with Crippen molar-refractivity contribution >= 4 is 24.0 Å². The molecule has 1 aromatic carbocycles. The van der Waals surface area contributed by atoms with Gasteiger partial charge in [0.1, 0.15) is 5.54 Å². The van der Waals surface area contributed by atoms with E-state index in [2.05, 4.69) is 20.7 Å². The van der Waals surface area contributed by atoms with Gasteiger partial charge < -0.3 is 15.1 Å². The number of nitrogens with zero attached hydrogens (tertiary/aromatic N) is 3. The van der Waals surface area contributed by atoms with Crippen molar-refractivity contribution in [3.8, 4) is 11.3 Å². The third kappa shape index (κ3) is 3.36. The van der Waals surface area contributed by atoms with Gasteiger partial charge >= 0.3 is 0 Å². The highest BCUT2D eigenvalue weighted by atomic mass is 35.5. The number of amides is 1. The van der Waals surface area contributed by atoms with Crippen LogP contribution in [0, 0.1) is 0 Å². The molecule has 4 rings (SSSR count). The molecule has 0 atom stereocenters. The Kier molecular flexibility index (Phi) is 5.39. The van der Waals surface area contributed by atoms with Crippen LogP contribution >= 0.6 is 12.4 Å². The highest BCUT2D eigenvalue weighted by molar-refractivity contribution is 5.97. The van der Waals surface area contributed by atoms with Gasteiger partial charge in [0.15, 0.2) is 12.2 Å². The first-order valence-electron chi connectivity index (χ1n) is 8.29. The van der Waals surface area contributed by atoms with E-state index in [1.165, 1.54) is 6.39 Å². The van der Waals surface area contributed by atoms with E-state index in [0.29, 0.717) is 18.6 Å². The first-order valence-corrected chi connectivity index (χ1v) is 8.29. The molecule has 0 unspecified atom stereocenters. The van der Waals surface area contributed by atoms with Gasteiger partial charge in [-0.2, -0.15) is 5.10 Å². The van der Waals surface area contributed by atoms with Crippen LogP contribution < -0.4 is 10.6 Å². The minimum absolute atomic E-state index is 0. The Labute approximate surface area is 157 Å². The summed E-state index contributed by atoms with van der Waals surface area (Å²) in [5, 5.41) is 10.7. The van der Waals surface area contributed by atoms with Crippen LogP contribution in [-0.2, 0) is 10.3 Å². The van der Waals surface area contributed by atoms with Crippen molar-refractivity contribution < 1.29 is 9.21 Å². The number of aromatic nitrogens is 3. The molecule has 1 aliphatic rings. The summed E-state index contributed by atoms with van der Waals surface area (Å²) in [4.78, 5) is 17.0. The van der Waals surface area contributed by atoms with E-state index < -0.39 is 5.54 Å². The number of hydrogen-bond donors (Lipinski definition) is 2. The zero-order chi connectivity index (χ0) is 17.1. The summed E-state index contributed by atoms with van der Waals surface area (Å²) >= 11 is 0. The summed E-state index contributed by atoms with van der Waals surface area (Å²) in [7, 11) is 0. The lowest BCUT2D eigenvalue weighted by molar-refractivity contribution is -0.126. The lowest BCUT2D eigenvalue weighted by Gasteiger charge is -2.36. The lowest BCUT2D eigenvalue weighted by Crippen LogP contribution is -2.52. The number of halogens is 1. The molecule has 136 valence electrons. The average Bonchev–Trinajstić information content (AvgIpc) is 3.37. The van der Waals surface area contributed by atoms with Crippen molar-refractivity contribution in [2.75, 3.05) is 18.4 Å². The summed E-state index contributed by atoms with van der Waals surface area (Å²) in [5.41, 5.74) is 1.01. The van der Waals surface area contributed by atoms with Gasteiger partial charge in [0.05, 0.1) is 6.20 Å². The van der Waals surface area contributed by atoms with Gasteiger partial charge in [-0.05, 0) is 56.3 Å². The van der Waals surface area contributed by atoms with E-state index in [0.717, 1.165) is 24.3 Å². The van der Waals surface area contributed by atoms with Crippen LogP contribution in [0.25, 0.3) is 11.3 Å². The van der Waals surface area contributed by atoms with E-state index in [1.54, 1.807) is 17.1 Å². The van der Waals surface area contributed by atoms with Crippen LogP contribution in [0.5, 0.6) is 0 Å². The number of carbonyl (C=O) groups excluding carboxylic acids is 1. The van der Waals surface area contributed by atoms with Gasteiger partial charge in [0.25, 0.3) is 5.91 Å².